The van der Waals surface area contributed by atoms with Gasteiger partial charge in [0.25, 0.3) is 0 Å². The largest absolute Gasteiger partial charge is 0.191 e. The number of nitrogens with zero attached hydrogens (tertiary/aromatic N) is 1. The number of rotatable bonds is 4. The molecule has 0 aliphatic carbocycles. The molecule has 0 amide bonds. The molecule has 0 atom stereocenters. The number of hydrogen-bond acceptors (Lipinski definition) is 0. The van der Waals surface area contributed by atoms with Crippen LogP contribution < -0.4 is 0 Å². The Hall–Kier alpha value is -0.790. The van der Waals surface area contributed by atoms with E-state index in [9.17, 15) is 4.48 Å². The van der Waals surface area contributed by atoms with Gasteiger partial charge < -0.3 is 0 Å². The smallest absolute Gasteiger partial charge is 0.0514 e. The van der Waals surface area contributed by atoms with Crippen molar-refractivity contribution in [2.45, 2.75) is 32.6 Å². The van der Waals surface area contributed by atoms with Crippen molar-refractivity contribution in [2.75, 3.05) is 0 Å². The van der Waals surface area contributed by atoms with Gasteiger partial charge in [0.15, 0.2) is 0 Å². The fraction of sp³-hybridized carbons (Fsp3) is 0.556. The summed E-state index contributed by atoms with van der Waals surface area (Å²) in [6.07, 6.45) is 5.77. The third-order valence-electron chi connectivity index (χ3n) is 1.82. The summed E-state index contributed by atoms with van der Waals surface area (Å²) in [5, 5.41) is 0. The first-order valence-electron chi connectivity index (χ1n) is 4.17. The molecule has 62 valence electrons. The van der Waals surface area contributed by atoms with Gasteiger partial charge in [-0.05, 0) is 25.0 Å². The van der Waals surface area contributed by atoms with Crippen molar-refractivity contribution in [3.8, 4) is 0 Å². The molecule has 2 heteroatoms. The van der Waals surface area contributed by atoms with E-state index in [2.05, 4.69) is 6.92 Å². The van der Waals surface area contributed by atoms with Crippen LogP contribution in [-0.4, -0.2) is 4.79 Å². The topological polar surface area (TPSA) is 4.93 Å². The van der Waals surface area contributed by atoms with Gasteiger partial charge >= 0.3 is 0 Å². The molecule has 1 nitrogen and oxygen atoms in total. The van der Waals surface area contributed by atoms with E-state index in [0.717, 1.165) is 18.5 Å². The maximum atomic E-state index is 12.7. The first-order chi connectivity index (χ1) is 5.34. The Morgan fingerprint density at radius 1 is 1.45 bits per heavy atom. The van der Waals surface area contributed by atoms with Gasteiger partial charge in [-0.3, -0.25) is 0 Å². The van der Waals surface area contributed by atoms with Gasteiger partial charge in [-0.1, -0.05) is 24.2 Å². The van der Waals surface area contributed by atoms with Crippen LogP contribution in [0.3, 0.4) is 0 Å². The van der Waals surface area contributed by atoms with Gasteiger partial charge in [0.2, 0.25) is 0 Å². The zero-order valence-corrected chi connectivity index (χ0v) is 6.89. The molecule has 0 aliphatic heterocycles. The van der Waals surface area contributed by atoms with Crippen molar-refractivity contribution in [1.82, 2.24) is 4.79 Å². The minimum absolute atomic E-state index is 0.704. The quantitative estimate of drug-likeness (QED) is 0.589. The van der Waals surface area contributed by atoms with Crippen LogP contribution in [0.1, 0.15) is 31.9 Å². The molecule has 0 unspecified atom stereocenters. The first-order valence-corrected chi connectivity index (χ1v) is 4.17. The Morgan fingerprint density at radius 2 is 2.27 bits per heavy atom. The second-order valence-electron chi connectivity index (χ2n) is 2.77. The van der Waals surface area contributed by atoms with Crippen LogP contribution in [0, 0.1) is 0 Å². The fourth-order valence-corrected chi connectivity index (χ4v) is 1.14. The lowest BCUT2D eigenvalue weighted by molar-refractivity contribution is 0.353. The predicted molar refractivity (Wildman–Crippen MR) is 44.2 cm³/mol. The molecular formula is C9H14FN. The maximum Gasteiger partial charge on any atom is 0.0514 e. The van der Waals surface area contributed by atoms with E-state index in [0.29, 0.717) is 4.79 Å². The summed E-state index contributed by atoms with van der Waals surface area (Å²) in [4.78, 5) is 0.704. The molecule has 0 spiro atoms. The minimum atomic E-state index is 0.704. The van der Waals surface area contributed by atoms with Crippen LogP contribution in [0.2, 0.25) is 0 Å². The maximum absolute atomic E-state index is 12.7. The molecule has 11 heavy (non-hydrogen) atoms. The standard InChI is InChI=1S/C9H14FN/c1-2-3-4-6-9-7-5-8-11(9)10/h5,7-8H,2-4,6H2,1H3. The lowest BCUT2D eigenvalue weighted by Gasteiger charge is -1.97. The Kier molecular flexibility index (Phi) is 3.14. The van der Waals surface area contributed by atoms with Gasteiger partial charge in [0.05, 0.1) is 5.69 Å². The summed E-state index contributed by atoms with van der Waals surface area (Å²) < 4.78 is 12.7. The SMILES string of the molecule is CCCCCc1cccn1F. The summed E-state index contributed by atoms with van der Waals surface area (Å²) in [6, 6.07) is 3.57. The summed E-state index contributed by atoms with van der Waals surface area (Å²) in [5.74, 6) is 0. The Bertz CT molecular complexity index is 205. The molecule has 0 bridgehead atoms. The highest BCUT2D eigenvalue weighted by atomic mass is 19.2. The summed E-state index contributed by atoms with van der Waals surface area (Å²) >= 11 is 0. The van der Waals surface area contributed by atoms with Crippen LogP contribution >= 0.6 is 0 Å². The van der Waals surface area contributed by atoms with Gasteiger partial charge in [0, 0.05) is 6.20 Å². The molecule has 0 saturated heterocycles. The molecule has 0 saturated carbocycles. The summed E-state index contributed by atoms with van der Waals surface area (Å²) in [6.45, 7) is 2.15. The Morgan fingerprint density at radius 3 is 2.82 bits per heavy atom. The summed E-state index contributed by atoms with van der Waals surface area (Å²) in [7, 11) is 0. The fourth-order valence-electron chi connectivity index (χ4n) is 1.14. The Balaban J connectivity index is 2.32. The van der Waals surface area contributed by atoms with Crippen LogP contribution in [0.4, 0.5) is 4.48 Å². The molecule has 0 aromatic carbocycles. The lowest BCUT2D eigenvalue weighted by Crippen LogP contribution is -1.90. The van der Waals surface area contributed by atoms with Crippen molar-refractivity contribution in [3.63, 3.8) is 0 Å². The van der Waals surface area contributed by atoms with E-state index < -0.39 is 0 Å². The third-order valence-corrected chi connectivity index (χ3v) is 1.82. The molecule has 1 aromatic rings. The molecule has 0 aliphatic rings. The molecule has 1 aromatic heterocycles. The van der Waals surface area contributed by atoms with Crippen molar-refractivity contribution < 1.29 is 4.48 Å². The van der Waals surface area contributed by atoms with Crippen molar-refractivity contribution in [2.24, 2.45) is 0 Å². The molecular weight excluding hydrogens is 141 g/mol. The van der Waals surface area contributed by atoms with Crippen molar-refractivity contribution in [3.05, 3.63) is 24.0 Å². The van der Waals surface area contributed by atoms with E-state index >= 15 is 0 Å². The van der Waals surface area contributed by atoms with Crippen LogP contribution in [0.15, 0.2) is 18.3 Å². The van der Waals surface area contributed by atoms with E-state index in [4.69, 9.17) is 0 Å². The number of aryl methyl sites for hydroxylation is 1. The van der Waals surface area contributed by atoms with Crippen molar-refractivity contribution >= 4 is 0 Å². The zero-order chi connectivity index (χ0) is 8.10. The second-order valence-corrected chi connectivity index (χ2v) is 2.77. The number of unbranched alkanes of at least 4 members (excludes halogenated alkanes) is 2. The number of aromatic nitrogens is 1. The number of hydrogen-bond donors (Lipinski definition) is 0. The van der Waals surface area contributed by atoms with E-state index in [1.165, 1.54) is 19.0 Å². The monoisotopic (exact) mass is 155 g/mol. The van der Waals surface area contributed by atoms with Gasteiger partial charge in [-0.25, -0.2) is 0 Å². The van der Waals surface area contributed by atoms with Crippen LogP contribution in [0.5, 0.6) is 0 Å². The normalized spacial score (nSPS) is 10.4. The van der Waals surface area contributed by atoms with Gasteiger partial charge in [-0.2, -0.15) is 4.79 Å². The van der Waals surface area contributed by atoms with E-state index in [1.807, 2.05) is 6.07 Å². The zero-order valence-electron chi connectivity index (χ0n) is 6.89. The van der Waals surface area contributed by atoms with Crippen LogP contribution in [-0.2, 0) is 6.42 Å². The molecule has 1 heterocycles. The Labute approximate surface area is 66.8 Å². The van der Waals surface area contributed by atoms with Crippen molar-refractivity contribution in [1.29, 1.82) is 0 Å². The highest BCUT2D eigenvalue weighted by Gasteiger charge is 1.97. The number of halogens is 1. The minimum Gasteiger partial charge on any atom is -0.191 e. The van der Waals surface area contributed by atoms with Gasteiger partial charge in [-0.15, -0.1) is 0 Å². The highest BCUT2D eigenvalue weighted by Crippen LogP contribution is 2.07. The average Bonchev–Trinajstić information content (AvgIpc) is 2.37. The third kappa shape index (κ3) is 2.37. The second kappa shape index (κ2) is 4.16. The van der Waals surface area contributed by atoms with Gasteiger partial charge in [0.1, 0.15) is 0 Å². The molecule has 0 radical (unpaired) electrons. The highest BCUT2D eigenvalue weighted by molar-refractivity contribution is 5.05. The lowest BCUT2D eigenvalue weighted by atomic mass is 10.2. The average molecular weight is 155 g/mol. The van der Waals surface area contributed by atoms with E-state index in [1.54, 1.807) is 6.07 Å². The first kappa shape index (κ1) is 8.31. The predicted octanol–water partition coefficient (Wildman–Crippen LogP) is 2.95. The van der Waals surface area contributed by atoms with E-state index in [-0.39, 0.29) is 0 Å². The molecule has 0 N–H and O–H groups in total. The molecule has 1 rings (SSSR count). The van der Waals surface area contributed by atoms with Crippen LogP contribution in [0.25, 0.3) is 0 Å². The summed E-state index contributed by atoms with van der Waals surface area (Å²) in [5.41, 5.74) is 0.790. The molecule has 0 fully saturated rings.